The van der Waals surface area contributed by atoms with E-state index in [-0.39, 0.29) is 17.5 Å². The van der Waals surface area contributed by atoms with Gasteiger partial charge in [0.05, 0.1) is 11.9 Å². The smallest absolute Gasteiger partial charge is 0.235 e. The second-order valence-corrected chi connectivity index (χ2v) is 6.08. The summed E-state index contributed by atoms with van der Waals surface area (Å²) in [6.45, 7) is 4.91. The van der Waals surface area contributed by atoms with Gasteiger partial charge in [-0.15, -0.1) is 11.8 Å². The molecule has 0 saturated heterocycles. The lowest BCUT2D eigenvalue weighted by Gasteiger charge is -2.10. The Kier molecular flexibility index (Phi) is 5.38. The quantitative estimate of drug-likeness (QED) is 0.832. The molecular formula is C15H18FN3OS. The molecule has 2 aromatic rings. The highest BCUT2D eigenvalue weighted by Gasteiger charge is 2.10. The molecule has 1 aromatic heterocycles. The van der Waals surface area contributed by atoms with Gasteiger partial charge < -0.3 is 5.32 Å². The van der Waals surface area contributed by atoms with Crippen LogP contribution < -0.4 is 5.32 Å². The highest BCUT2D eigenvalue weighted by atomic mass is 32.2. The fraction of sp³-hybridized carbons (Fsp3) is 0.333. The van der Waals surface area contributed by atoms with E-state index in [9.17, 15) is 9.18 Å². The number of benzene rings is 1. The highest BCUT2D eigenvalue weighted by Crippen LogP contribution is 2.21. The van der Waals surface area contributed by atoms with Crippen molar-refractivity contribution < 1.29 is 9.18 Å². The van der Waals surface area contributed by atoms with Gasteiger partial charge in [-0.05, 0) is 18.1 Å². The van der Waals surface area contributed by atoms with Crippen molar-refractivity contribution in [2.45, 2.75) is 25.3 Å². The lowest BCUT2D eigenvalue weighted by molar-refractivity contribution is -0.113. The van der Waals surface area contributed by atoms with Gasteiger partial charge in [-0.2, -0.15) is 5.10 Å². The maximum absolute atomic E-state index is 13.5. The zero-order chi connectivity index (χ0) is 15.2. The fourth-order valence-electron chi connectivity index (χ4n) is 1.81. The van der Waals surface area contributed by atoms with Crippen LogP contribution in [0.15, 0.2) is 41.4 Å². The number of thioether (sulfide) groups is 1. The Hall–Kier alpha value is -1.82. The zero-order valence-electron chi connectivity index (χ0n) is 12.0. The van der Waals surface area contributed by atoms with Crippen molar-refractivity contribution in [2.24, 2.45) is 5.92 Å². The average molecular weight is 307 g/mol. The van der Waals surface area contributed by atoms with E-state index >= 15 is 0 Å². The predicted octanol–water partition coefficient (Wildman–Crippen LogP) is 3.41. The van der Waals surface area contributed by atoms with E-state index in [1.165, 1.54) is 17.8 Å². The van der Waals surface area contributed by atoms with Crippen molar-refractivity contribution in [1.82, 2.24) is 9.78 Å². The van der Waals surface area contributed by atoms with Gasteiger partial charge in [0.2, 0.25) is 5.91 Å². The second-order valence-electron chi connectivity index (χ2n) is 5.06. The lowest BCUT2D eigenvalue weighted by Crippen LogP contribution is -2.18. The van der Waals surface area contributed by atoms with Crippen LogP contribution in [0, 0.1) is 11.7 Å². The van der Waals surface area contributed by atoms with Gasteiger partial charge in [-0.1, -0.05) is 26.0 Å². The van der Waals surface area contributed by atoms with Crippen molar-refractivity contribution in [3.63, 3.8) is 0 Å². The molecule has 1 heterocycles. The summed E-state index contributed by atoms with van der Waals surface area (Å²) >= 11 is 1.18. The summed E-state index contributed by atoms with van der Waals surface area (Å²) in [6, 6.07) is 8.19. The van der Waals surface area contributed by atoms with E-state index in [2.05, 4.69) is 24.3 Å². The Morgan fingerprint density at radius 1 is 1.38 bits per heavy atom. The number of aromatic nitrogens is 2. The first-order chi connectivity index (χ1) is 10.1. The molecule has 2 rings (SSSR count). The summed E-state index contributed by atoms with van der Waals surface area (Å²) in [7, 11) is 0. The molecule has 0 aliphatic heterocycles. The third-order valence-electron chi connectivity index (χ3n) is 2.72. The number of rotatable bonds is 6. The van der Waals surface area contributed by atoms with E-state index in [1.54, 1.807) is 35.1 Å². The Bertz CT molecular complexity index is 612. The van der Waals surface area contributed by atoms with Crippen LogP contribution in [-0.2, 0) is 11.3 Å². The van der Waals surface area contributed by atoms with E-state index in [0.717, 1.165) is 6.54 Å². The molecule has 21 heavy (non-hydrogen) atoms. The summed E-state index contributed by atoms with van der Waals surface area (Å²) in [5, 5.41) is 6.98. The van der Waals surface area contributed by atoms with Gasteiger partial charge in [0, 0.05) is 17.5 Å². The molecular weight excluding hydrogens is 289 g/mol. The number of halogens is 1. The third kappa shape index (κ3) is 4.60. The van der Waals surface area contributed by atoms with Crippen LogP contribution in [0.1, 0.15) is 13.8 Å². The minimum Gasteiger partial charge on any atom is -0.310 e. The van der Waals surface area contributed by atoms with E-state index in [4.69, 9.17) is 0 Å². The molecule has 0 aliphatic carbocycles. The molecule has 0 atom stereocenters. The van der Waals surface area contributed by atoms with Crippen molar-refractivity contribution in [3.05, 3.63) is 42.3 Å². The van der Waals surface area contributed by atoms with Crippen LogP contribution in [0.2, 0.25) is 0 Å². The molecule has 0 fully saturated rings. The molecule has 0 bridgehead atoms. The number of nitrogens with zero attached hydrogens (tertiary/aromatic N) is 2. The van der Waals surface area contributed by atoms with Crippen molar-refractivity contribution >= 4 is 23.5 Å². The largest absolute Gasteiger partial charge is 0.310 e. The Morgan fingerprint density at radius 3 is 2.86 bits per heavy atom. The lowest BCUT2D eigenvalue weighted by atomic mass is 10.2. The molecule has 1 amide bonds. The normalized spacial score (nSPS) is 10.9. The van der Waals surface area contributed by atoms with Gasteiger partial charge in [-0.3, -0.25) is 4.79 Å². The van der Waals surface area contributed by atoms with E-state index in [0.29, 0.717) is 16.6 Å². The molecule has 4 nitrogen and oxygen atoms in total. The molecule has 0 saturated carbocycles. The molecule has 0 unspecified atom stereocenters. The van der Waals surface area contributed by atoms with Gasteiger partial charge in [0.25, 0.3) is 0 Å². The maximum atomic E-state index is 13.5. The third-order valence-corrected chi connectivity index (χ3v) is 3.77. The number of carbonyl (C=O) groups is 1. The maximum Gasteiger partial charge on any atom is 0.235 e. The molecule has 0 spiro atoms. The summed E-state index contributed by atoms with van der Waals surface area (Å²) < 4.78 is 15.2. The van der Waals surface area contributed by atoms with Crippen LogP contribution in [0.3, 0.4) is 0 Å². The number of anilines is 1. The van der Waals surface area contributed by atoms with E-state index < -0.39 is 0 Å². The average Bonchev–Trinajstić information content (AvgIpc) is 2.84. The van der Waals surface area contributed by atoms with Crippen LogP contribution >= 0.6 is 11.8 Å². The van der Waals surface area contributed by atoms with Gasteiger partial charge in [-0.25, -0.2) is 9.07 Å². The number of hydrogen-bond donors (Lipinski definition) is 1. The second kappa shape index (κ2) is 7.26. The molecule has 1 N–H and O–H groups in total. The summed E-state index contributed by atoms with van der Waals surface area (Å²) in [4.78, 5) is 12.4. The van der Waals surface area contributed by atoms with E-state index in [1.807, 2.05) is 0 Å². The molecule has 6 heteroatoms. The topological polar surface area (TPSA) is 46.9 Å². The van der Waals surface area contributed by atoms with Gasteiger partial charge in [0.15, 0.2) is 0 Å². The fourth-order valence-corrected chi connectivity index (χ4v) is 2.55. The molecule has 112 valence electrons. The summed E-state index contributed by atoms with van der Waals surface area (Å²) in [6.07, 6.45) is 1.65. The summed E-state index contributed by atoms with van der Waals surface area (Å²) in [5.41, 5.74) is 0. The van der Waals surface area contributed by atoms with Crippen molar-refractivity contribution in [1.29, 1.82) is 0 Å². The Morgan fingerprint density at radius 2 is 2.14 bits per heavy atom. The van der Waals surface area contributed by atoms with Crippen LogP contribution in [-0.4, -0.2) is 21.4 Å². The van der Waals surface area contributed by atoms with Crippen LogP contribution in [0.4, 0.5) is 10.2 Å². The van der Waals surface area contributed by atoms with Gasteiger partial charge >= 0.3 is 0 Å². The minimum atomic E-state index is -0.305. The first kappa shape index (κ1) is 15.6. The number of carbonyl (C=O) groups excluding carboxylic acids is 1. The Balaban J connectivity index is 1.90. The molecule has 1 aromatic carbocycles. The monoisotopic (exact) mass is 307 g/mol. The molecule has 0 radical (unpaired) electrons. The first-order valence-electron chi connectivity index (χ1n) is 6.75. The standard InChI is InChI=1S/C15H18FN3OS/c1-11(2)9-19-14(7-8-17-19)18-15(20)10-21-13-6-4-3-5-12(13)16/h3-8,11H,9-10H2,1-2H3,(H,18,20). The number of amides is 1. The first-order valence-corrected chi connectivity index (χ1v) is 7.74. The van der Waals surface area contributed by atoms with Crippen molar-refractivity contribution in [2.75, 3.05) is 11.1 Å². The highest BCUT2D eigenvalue weighted by molar-refractivity contribution is 8.00. The van der Waals surface area contributed by atoms with Crippen LogP contribution in [0.25, 0.3) is 0 Å². The summed E-state index contributed by atoms with van der Waals surface area (Å²) in [5.74, 6) is 0.790. The van der Waals surface area contributed by atoms with Crippen molar-refractivity contribution in [3.8, 4) is 0 Å². The minimum absolute atomic E-state index is 0.161. The number of nitrogens with one attached hydrogen (secondary N) is 1. The van der Waals surface area contributed by atoms with Crippen LogP contribution in [0.5, 0.6) is 0 Å². The SMILES string of the molecule is CC(C)Cn1nccc1NC(=O)CSc1ccccc1F. The Labute approximate surface area is 127 Å². The predicted molar refractivity (Wildman–Crippen MR) is 82.8 cm³/mol. The molecule has 0 aliphatic rings. The van der Waals surface area contributed by atoms with Gasteiger partial charge in [0.1, 0.15) is 11.6 Å². The zero-order valence-corrected chi connectivity index (χ0v) is 12.9. The number of hydrogen-bond acceptors (Lipinski definition) is 3.